The Morgan fingerprint density at radius 3 is 2.38 bits per heavy atom. The van der Waals surface area contributed by atoms with E-state index in [1.807, 2.05) is 79.7 Å². The number of para-hydroxylation sites is 1. The molecular formula is C30H33N3O4. The van der Waals surface area contributed by atoms with Crippen LogP contribution < -0.4 is 15.5 Å². The van der Waals surface area contributed by atoms with E-state index in [0.717, 1.165) is 16.7 Å². The number of rotatable bonds is 5. The fourth-order valence-electron chi connectivity index (χ4n) is 4.63. The number of hydrogen-bond acceptors (Lipinski definition) is 4. The van der Waals surface area contributed by atoms with E-state index in [1.165, 1.54) is 4.90 Å². The molecule has 1 aliphatic heterocycles. The van der Waals surface area contributed by atoms with Crippen LogP contribution in [0.1, 0.15) is 49.8 Å². The highest BCUT2D eigenvalue weighted by Gasteiger charge is 2.38. The molecule has 0 fully saturated rings. The van der Waals surface area contributed by atoms with Gasteiger partial charge in [0.05, 0.1) is 0 Å². The number of ether oxygens (including phenoxy) is 1. The summed E-state index contributed by atoms with van der Waals surface area (Å²) >= 11 is 0. The van der Waals surface area contributed by atoms with Crippen molar-refractivity contribution in [3.8, 4) is 0 Å². The second-order valence-electron chi connectivity index (χ2n) is 10.3. The maximum Gasteiger partial charge on any atom is 0.326 e. The fourth-order valence-corrected chi connectivity index (χ4v) is 4.63. The van der Waals surface area contributed by atoms with E-state index in [1.54, 1.807) is 26.8 Å². The fraction of sp³-hybridized carbons (Fsp3) is 0.300. The standard InChI is InChI=1S/C30H33N3O4/c1-20-11-10-14-22(17-20)31-29(36)32-25-18-24(21-12-6-5-7-13-21)23-15-8-9-16-26(23)33(28(25)35)19-27(34)37-30(2,3)4/h5-17,24-25H,18-19H2,1-4H3,(H2,31,32,36)/t24-,25-/m1/s1. The number of aryl methyl sites for hydroxylation is 1. The van der Waals surface area contributed by atoms with Crippen LogP contribution in [0.25, 0.3) is 0 Å². The highest BCUT2D eigenvalue weighted by Crippen LogP contribution is 2.39. The van der Waals surface area contributed by atoms with Crippen molar-refractivity contribution in [3.05, 3.63) is 95.6 Å². The summed E-state index contributed by atoms with van der Waals surface area (Å²) in [6.07, 6.45) is 0.339. The predicted octanol–water partition coefficient (Wildman–Crippen LogP) is 5.40. The summed E-state index contributed by atoms with van der Waals surface area (Å²) in [4.78, 5) is 41.2. The van der Waals surface area contributed by atoms with Crippen molar-refractivity contribution in [2.24, 2.45) is 0 Å². The van der Waals surface area contributed by atoms with E-state index in [2.05, 4.69) is 10.6 Å². The van der Waals surface area contributed by atoms with Gasteiger partial charge in [0.2, 0.25) is 5.91 Å². The lowest BCUT2D eigenvalue weighted by atomic mass is 9.86. The summed E-state index contributed by atoms with van der Waals surface area (Å²) in [5.74, 6) is -1.05. The molecule has 4 rings (SSSR count). The number of nitrogens with zero attached hydrogens (tertiary/aromatic N) is 1. The van der Waals surface area contributed by atoms with Gasteiger partial charge in [0.15, 0.2) is 0 Å². The molecule has 1 aliphatic rings. The third-order valence-electron chi connectivity index (χ3n) is 6.13. The van der Waals surface area contributed by atoms with Crippen LogP contribution >= 0.6 is 0 Å². The van der Waals surface area contributed by atoms with Gasteiger partial charge in [-0.05, 0) is 69.0 Å². The minimum atomic E-state index is -0.871. The van der Waals surface area contributed by atoms with Gasteiger partial charge in [0, 0.05) is 17.3 Å². The molecule has 0 bridgehead atoms. The molecule has 0 unspecified atom stereocenters. The summed E-state index contributed by atoms with van der Waals surface area (Å²) in [7, 11) is 0. The van der Waals surface area contributed by atoms with Crippen molar-refractivity contribution in [1.82, 2.24) is 5.32 Å². The number of nitrogens with one attached hydrogen (secondary N) is 2. The molecule has 2 atom stereocenters. The molecule has 2 N–H and O–H groups in total. The van der Waals surface area contributed by atoms with E-state index in [0.29, 0.717) is 17.8 Å². The highest BCUT2D eigenvalue weighted by molar-refractivity contribution is 6.04. The van der Waals surface area contributed by atoms with E-state index < -0.39 is 23.6 Å². The van der Waals surface area contributed by atoms with E-state index in [9.17, 15) is 14.4 Å². The normalized spacial score (nSPS) is 17.4. The first kappa shape index (κ1) is 25.9. The quantitative estimate of drug-likeness (QED) is 0.461. The van der Waals surface area contributed by atoms with Crippen LogP contribution in [0.2, 0.25) is 0 Å². The Labute approximate surface area is 217 Å². The highest BCUT2D eigenvalue weighted by atomic mass is 16.6. The Balaban J connectivity index is 1.69. The number of carbonyl (C=O) groups excluding carboxylic acids is 3. The van der Waals surface area contributed by atoms with Crippen LogP contribution in [0, 0.1) is 6.92 Å². The molecule has 3 aromatic rings. The lowest BCUT2D eigenvalue weighted by Gasteiger charge is -2.27. The number of fused-ring (bicyclic) bond motifs is 1. The number of esters is 1. The molecule has 0 spiro atoms. The van der Waals surface area contributed by atoms with Crippen molar-refractivity contribution in [3.63, 3.8) is 0 Å². The van der Waals surface area contributed by atoms with E-state index in [-0.39, 0.29) is 18.4 Å². The average molecular weight is 500 g/mol. The summed E-state index contributed by atoms with van der Waals surface area (Å²) in [5.41, 5.74) is 3.51. The molecule has 192 valence electrons. The number of hydrogen-bond donors (Lipinski definition) is 2. The number of urea groups is 1. The summed E-state index contributed by atoms with van der Waals surface area (Å²) in [5, 5.41) is 5.69. The number of anilines is 2. The van der Waals surface area contributed by atoms with Crippen LogP contribution in [-0.2, 0) is 14.3 Å². The van der Waals surface area contributed by atoms with Gasteiger partial charge in [-0.25, -0.2) is 4.79 Å². The van der Waals surface area contributed by atoms with Crippen molar-refractivity contribution < 1.29 is 19.1 Å². The van der Waals surface area contributed by atoms with Crippen molar-refractivity contribution in [1.29, 1.82) is 0 Å². The molecule has 0 saturated heterocycles. The molecule has 3 aromatic carbocycles. The molecule has 0 aliphatic carbocycles. The third kappa shape index (κ3) is 6.55. The third-order valence-corrected chi connectivity index (χ3v) is 6.13. The molecule has 0 aromatic heterocycles. The predicted molar refractivity (Wildman–Crippen MR) is 145 cm³/mol. The Kier molecular flexibility index (Phi) is 7.62. The van der Waals surface area contributed by atoms with Gasteiger partial charge in [-0.2, -0.15) is 0 Å². The molecule has 37 heavy (non-hydrogen) atoms. The van der Waals surface area contributed by atoms with Crippen molar-refractivity contribution >= 4 is 29.3 Å². The van der Waals surface area contributed by atoms with E-state index in [4.69, 9.17) is 4.74 Å². The molecule has 7 heteroatoms. The van der Waals surface area contributed by atoms with Gasteiger partial charge in [-0.1, -0.05) is 60.7 Å². The summed E-state index contributed by atoms with van der Waals surface area (Å²) < 4.78 is 5.53. The van der Waals surface area contributed by atoms with Gasteiger partial charge in [0.25, 0.3) is 0 Å². The summed E-state index contributed by atoms with van der Waals surface area (Å²) in [6.45, 7) is 7.04. The lowest BCUT2D eigenvalue weighted by Crippen LogP contribution is -2.51. The minimum Gasteiger partial charge on any atom is -0.459 e. The van der Waals surface area contributed by atoms with Gasteiger partial charge in [-0.15, -0.1) is 0 Å². The van der Waals surface area contributed by atoms with Crippen LogP contribution in [0.3, 0.4) is 0 Å². The monoisotopic (exact) mass is 499 g/mol. The lowest BCUT2D eigenvalue weighted by molar-refractivity contribution is -0.153. The molecule has 0 radical (unpaired) electrons. The first-order valence-electron chi connectivity index (χ1n) is 12.4. The van der Waals surface area contributed by atoms with Crippen molar-refractivity contribution in [2.45, 2.75) is 51.7 Å². The Hall–Kier alpha value is -4.13. The number of amides is 3. The van der Waals surface area contributed by atoms with Gasteiger partial charge >= 0.3 is 12.0 Å². The van der Waals surface area contributed by atoms with Crippen LogP contribution in [0.15, 0.2) is 78.9 Å². The Morgan fingerprint density at radius 2 is 1.68 bits per heavy atom. The first-order chi connectivity index (χ1) is 17.6. The zero-order chi connectivity index (χ0) is 26.6. The van der Waals surface area contributed by atoms with Gasteiger partial charge < -0.3 is 15.4 Å². The maximum atomic E-state index is 13.9. The molecule has 1 heterocycles. The molecule has 0 saturated carbocycles. The van der Waals surface area contributed by atoms with Crippen LogP contribution in [0.5, 0.6) is 0 Å². The molecule has 7 nitrogen and oxygen atoms in total. The van der Waals surface area contributed by atoms with Crippen molar-refractivity contribution in [2.75, 3.05) is 16.8 Å². The van der Waals surface area contributed by atoms with Crippen LogP contribution in [-0.4, -0.2) is 36.1 Å². The van der Waals surface area contributed by atoms with Gasteiger partial charge in [0.1, 0.15) is 18.2 Å². The Bertz CT molecular complexity index is 1280. The minimum absolute atomic E-state index is 0.172. The molecular weight excluding hydrogens is 466 g/mol. The second-order valence-corrected chi connectivity index (χ2v) is 10.3. The Morgan fingerprint density at radius 1 is 0.973 bits per heavy atom. The van der Waals surface area contributed by atoms with Gasteiger partial charge in [-0.3, -0.25) is 14.5 Å². The SMILES string of the molecule is Cc1cccc(NC(=O)N[C@@H]2C[C@H](c3ccccc3)c3ccccc3N(CC(=O)OC(C)(C)C)C2=O)c1. The second kappa shape index (κ2) is 10.9. The largest absolute Gasteiger partial charge is 0.459 e. The average Bonchev–Trinajstić information content (AvgIpc) is 2.94. The maximum absolute atomic E-state index is 13.9. The van der Waals surface area contributed by atoms with E-state index >= 15 is 0 Å². The smallest absolute Gasteiger partial charge is 0.326 e. The zero-order valence-corrected chi connectivity index (χ0v) is 21.7. The van der Waals surface area contributed by atoms with Crippen LogP contribution in [0.4, 0.5) is 16.2 Å². The zero-order valence-electron chi connectivity index (χ0n) is 21.7. The number of carbonyl (C=O) groups is 3. The first-order valence-corrected chi connectivity index (χ1v) is 12.4. The molecule has 3 amide bonds. The summed E-state index contributed by atoms with van der Waals surface area (Å²) in [6, 6.07) is 23.5. The topological polar surface area (TPSA) is 87.7 Å². The number of benzene rings is 3.